The average molecular weight is 411 g/mol. The van der Waals surface area contributed by atoms with Crippen LogP contribution in [0.25, 0.3) is 10.8 Å². The molecule has 1 saturated heterocycles. The van der Waals surface area contributed by atoms with Crippen molar-refractivity contribution in [1.82, 2.24) is 4.90 Å². The van der Waals surface area contributed by atoms with Crippen LogP contribution < -0.4 is 5.32 Å². The summed E-state index contributed by atoms with van der Waals surface area (Å²) in [6.07, 6.45) is 5.69. The van der Waals surface area contributed by atoms with Gasteiger partial charge in [0.2, 0.25) is 0 Å². The highest BCUT2D eigenvalue weighted by Gasteiger charge is 2.38. The molecule has 0 spiro atoms. The van der Waals surface area contributed by atoms with Crippen LogP contribution in [0, 0.1) is 5.92 Å². The van der Waals surface area contributed by atoms with E-state index in [0.717, 1.165) is 17.7 Å². The van der Waals surface area contributed by atoms with Crippen LogP contribution in [0.15, 0.2) is 72.8 Å². The van der Waals surface area contributed by atoms with Crippen LogP contribution in [0.3, 0.4) is 0 Å². The molecule has 0 radical (unpaired) electrons. The monoisotopic (exact) mass is 410 g/mol. The van der Waals surface area contributed by atoms with Crippen LogP contribution in [0.5, 0.6) is 0 Å². The first-order valence-electron chi connectivity index (χ1n) is 11.2. The van der Waals surface area contributed by atoms with E-state index < -0.39 is 0 Å². The minimum absolute atomic E-state index is 0.112. The number of hydrogen-bond acceptors (Lipinski definition) is 3. The number of hydrogen-bond donors (Lipinski definition) is 1. The van der Waals surface area contributed by atoms with E-state index in [0.29, 0.717) is 38.1 Å². The van der Waals surface area contributed by atoms with Gasteiger partial charge in [0.25, 0.3) is 5.91 Å². The van der Waals surface area contributed by atoms with E-state index in [4.69, 9.17) is 4.74 Å². The van der Waals surface area contributed by atoms with E-state index in [2.05, 4.69) is 72.1 Å². The number of allylic oxidation sites excluding steroid dienone is 2. The normalized spacial score (nSPS) is 24.5. The summed E-state index contributed by atoms with van der Waals surface area (Å²) >= 11 is 0. The number of fused-ring (bicyclic) bond motifs is 4. The van der Waals surface area contributed by atoms with Crippen molar-refractivity contribution in [3.05, 3.63) is 89.5 Å². The van der Waals surface area contributed by atoms with E-state index in [1.807, 2.05) is 11.0 Å². The van der Waals surface area contributed by atoms with E-state index in [9.17, 15) is 4.79 Å². The Kier molecular flexibility index (Phi) is 4.53. The van der Waals surface area contributed by atoms with Crippen LogP contribution in [0.2, 0.25) is 0 Å². The fourth-order valence-electron chi connectivity index (χ4n) is 5.51. The van der Waals surface area contributed by atoms with Gasteiger partial charge < -0.3 is 15.0 Å². The molecule has 2 aliphatic heterocycles. The lowest BCUT2D eigenvalue weighted by Gasteiger charge is -2.38. The first kappa shape index (κ1) is 18.6. The van der Waals surface area contributed by atoms with Crippen molar-refractivity contribution < 1.29 is 9.53 Å². The highest BCUT2D eigenvalue weighted by atomic mass is 16.5. The third-order valence-corrected chi connectivity index (χ3v) is 7.07. The van der Waals surface area contributed by atoms with Crippen molar-refractivity contribution in [2.75, 3.05) is 31.6 Å². The third kappa shape index (κ3) is 3.14. The topological polar surface area (TPSA) is 41.6 Å². The molecule has 4 nitrogen and oxygen atoms in total. The summed E-state index contributed by atoms with van der Waals surface area (Å²) in [7, 11) is 0. The van der Waals surface area contributed by atoms with Crippen molar-refractivity contribution in [1.29, 1.82) is 0 Å². The summed E-state index contributed by atoms with van der Waals surface area (Å²) in [6, 6.07) is 21.7. The molecule has 3 unspecified atom stereocenters. The number of carbonyl (C=O) groups is 1. The smallest absolute Gasteiger partial charge is 0.254 e. The highest BCUT2D eigenvalue weighted by Crippen LogP contribution is 2.50. The fraction of sp³-hybridized carbons (Fsp3) is 0.296. The van der Waals surface area contributed by atoms with Gasteiger partial charge in [-0.15, -0.1) is 0 Å². The molecule has 4 heteroatoms. The zero-order chi connectivity index (χ0) is 20.8. The van der Waals surface area contributed by atoms with Crippen molar-refractivity contribution in [3.63, 3.8) is 0 Å². The van der Waals surface area contributed by atoms with Crippen LogP contribution in [0.1, 0.15) is 39.9 Å². The zero-order valence-electron chi connectivity index (χ0n) is 17.5. The Bertz CT molecular complexity index is 1170. The molecule has 0 bridgehead atoms. The number of benzene rings is 3. The van der Waals surface area contributed by atoms with Crippen molar-refractivity contribution >= 4 is 22.4 Å². The molecule has 1 N–H and O–H groups in total. The van der Waals surface area contributed by atoms with Gasteiger partial charge in [-0.3, -0.25) is 4.79 Å². The van der Waals surface area contributed by atoms with Crippen molar-refractivity contribution in [2.45, 2.75) is 18.4 Å². The summed E-state index contributed by atoms with van der Waals surface area (Å²) < 4.78 is 5.40. The zero-order valence-corrected chi connectivity index (χ0v) is 17.5. The predicted octanol–water partition coefficient (Wildman–Crippen LogP) is 5.14. The van der Waals surface area contributed by atoms with E-state index in [1.54, 1.807) is 0 Å². The molecule has 3 aliphatic rings. The lowest BCUT2D eigenvalue weighted by Crippen LogP contribution is -2.40. The van der Waals surface area contributed by atoms with Crippen LogP contribution >= 0.6 is 0 Å². The maximum absolute atomic E-state index is 13.0. The number of carbonyl (C=O) groups excluding carboxylic acids is 1. The Morgan fingerprint density at radius 1 is 0.968 bits per heavy atom. The largest absolute Gasteiger partial charge is 0.378 e. The maximum atomic E-state index is 13.0. The molecule has 31 heavy (non-hydrogen) atoms. The molecule has 2 heterocycles. The van der Waals surface area contributed by atoms with E-state index in [-0.39, 0.29) is 11.9 Å². The number of morpholine rings is 1. The number of nitrogens with zero attached hydrogens (tertiary/aromatic N) is 1. The average Bonchev–Trinajstić information content (AvgIpc) is 3.33. The van der Waals surface area contributed by atoms with Gasteiger partial charge in [-0.1, -0.05) is 54.6 Å². The summed E-state index contributed by atoms with van der Waals surface area (Å²) in [6.45, 7) is 2.59. The SMILES string of the molecule is O=C(c1ccc2c(c1)C1C=CCC1C(c1cccc3ccccc13)N2)N1CCOCC1. The Labute approximate surface area is 182 Å². The van der Waals surface area contributed by atoms with Crippen LogP contribution in [-0.4, -0.2) is 37.1 Å². The lowest BCUT2D eigenvalue weighted by atomic mass is 9.76. The lowest BCUT2D eigenvalue weighted by molar-refractivity contribution is 0.0303. The van der Waals surface area contributed by atoms with E-state index >= 15 is 0 Å². The van der Waals surface area contributed by atoms with Gasteiger partial charge in [0.1, 0.15) is 0 Å². The predicted molar refractivity (Wildman–Crippen MR) is 123 cm³/mol. The number of amides is 1. The first-order valence-corrected chi connectivity index (χ1v) is 11.2. The van der Waals surface area contributed by atoms with Crippen LogP contribution in [0.4, 0.5) is 5.69 Å². The van der Waals surface area contributed by atoms with Gasteiger partial charge in [0, 0.05) is 30.3 Å². The Hall–Kier alpha value is -3.11. The highest BCUT2D eigenvalue weighted by molar-refractivity contribution is 5.95. The Balaban J connectivity index is 1.38. The molecule has 1 fully saturated rings. The second-order valence-electron chi connectivity index (χ2n) is 8.75. The summed E-state index contributed by atoms with van der Waals surface area (Å²) in [5, 5.41) is 6.43. The fourth-order valence-corrected chi connectivity index (χ4v) is 5.51. The molecule has 3 aromatic rings. The Morgan fingerprint density at radius 3 is 2.71 bits per heavy atom. The number of rotatable bonds is 2. The second kappa shape index (κ2) is 7.54. The van der Waals surface area contributed by atoms with Crippen LogP contribution in [-0.2, 0) is 4.74 Å². The minimum Gasteiger partial charge on any atom is -0.378 e. The maximum Gasteiger partial charge on any atom is 0.254 e. The second-order valence-corrected chi connectivity index (χ2v) is 8.75. The number of ether oxygens (including phenoxy) is 1. The van der Waals surface area contributed by atoms with Gasteiger partial charge in [0.15, 0.2) is 0 Å². The number of nitrogens with one attached hydrogen (secondary N) is 1. The van der Waals surface area contributed by atoms with Gasteiger partial charge in [-0.25, -0.2) is 0 Å². The molecule has 6 rings (SSSR count). The van der Waals surface area contributed by atoms with Gasteiger partial charge in [-0.2, -0.15) is 0 Å². The van der Waals surface area contributed by atoms with E-state index in [1.165, 1.54) is 21.9 Å². The summed E-state index contributed by atoms with van der Waals surface area (Å²) in [5.74, 6) is 0.894. The quantitative estimate of drug-likeness (QED) is 0.595. The molecule has 1 amide bonds. The van der Waals surface area contributed by atoms with Crippen molar-refractivity contribution in [3.8, 4) is 0 Å². The molecular weight excluding hydrogens is 384 g/mol. The molecule has 0 aromatic heterocycles. The minimum atomic E-state index is 0.112. The summed E-state index contributed by atoms with van der Waals surface area (Å²) in [5.41, 5.74) is 4.53. The molecule has 3 atom stereocenters. The molecule has 0 saturated carbocycles. The Morgan fingerprint density at radius 2 is 1.81 bits per heavy atom. The molecule has 3 aromatic carbocycles. The molecular formula is C27H26N2O2. The standard InChI is InChI=1S/C27H26N2O2/c30-27(29-13-15-31-16-14-29)19-11-12-25-24(17-19)21-8-4-10-23(21)26(28-25)22-9-3-6-18-5-1-2-7-20(18)22/h1-9,11-12,17,21,23,26,28H,10,13-16H2. The first-order chi connectivity index (χ1) is 15.3. The van der Waals surface area contributed by atoms with Gasteiger partial charge >= 0.3 is 0 Å². The van der Waals surface area contributed by atoms with Gasteiger partial charge in [0.05, 0.1) is 19.3 Å². The summed E-state index contributed by atoms with van der Waals surface area (Å²) in [4.78, 5) is 14.9. The van der Waals surface area contributed by atoms with Gasteiger partial charge in [-0.05, 0) is 52.4 Å². The molecule has 156 valence electrons. The third-order valence-electron chi connectivity index (χ3n) is 7.07. The van der Waals surface area contributed by atoms with Crippen molar-refractivity contribution in [2.24, 2.45) is 5.92 Å². The molecule has 1 aliphatic carbocycles. The number of anilines is 1.